The zero-order chi connectivity index (χ0) is 12.2. The maximum Gasteiger partial charge on any atom is 1.00 e. The van der Waals surface area contributed by atoms with Gasteiger partial charge in [0.25, 0.3) is 0 Å². The standard InChI is InChI=1S/C12H23O3P.Na/c1-10-6-4-7-12(11(10)2)8-5-9-15-16(3,13)14;/h4,7,10-12H,5-6,8-9H2,1-3H3,(H,13,14);/q;+1/p-1. The summed E-state index contributed by atoms with van der Waals surface area (Å²) in [5.74, 6) is 1.99. The van der Waals surface area contributed by atoms with Gasteiger partial charge in [-0.2, -0.15) is 0 Å². The zero-order valence-corrected chi connectivity index (χ0v) is 14.3. The van der Waals surface area contributed by atoms with Crippen molar-refractivity contribution in [3.05, 3.63) is 12.2 Å². The van der Waals surface area contributed by atoms with Gasteiger partial charge in [-0.15, -0.1) is 0 Å². The largest absolute Gasteiger partial charge is 1.00 e. The van der Waals surface area contributed by atoms with Crippen molar-refractivity contribution in [2.24, 2.45) is 17.8 Å². The fraction of sp³-hybridized carbons (Fsp3) is 0.833. The van der Waals surface area contributed by atoms with Crippen molar-refractivity contribution >= 4 is 7.60 Å². The van der Waals surface area contributed by atoms with Crippen LogP contribution < -0.4 is 34.5 Å². The molecule has 0 spiro atoms. The molecule has 0 bridgehead atoms. The molecule has 0 fully saturated rings. The maximum atomic E-state index is 10.8. The second-order valence-corrected chi connectivity index (χ2v) is 6.71. The summed E-state index contributed by atoms with van der Waals surface area (Å²) in [6, 6.07) is 0. The van der Waals surface area contributed by atoms with Crippen LogP contribution in [0.5, 0.6) is 0 Å². The molecule has 0 saturated heterocycles. The molecule has 17 heavy (non-hydrogen) atoms. The molecule has 1 aliphatic rings. The first kappa shape index (κ1) is 17.9. The third-order valence-electron chi connectivity index (χ3n) is 3.47. The quantitative estimate of drug-likeness (QED) is 0.301. The minimum Gasteiger partial charge on any atom is -0.779 e. The molecule has 4 atom stereocenters. The Morgan fingerprint density at radius 1 is 1.47 bits per heavy atom. The molecule has 0 saturated carbocycles. The van der Waals surface area contributed by atoms with E-state index in [2.05, 4.69) is 26.0 Å². The van der Waals surface area contributed by atoms with E-state index in [1.54, 1.807) is 0 Å². The van der Waals surface area contributed by atoms with Crippen molar-refractivity contribution in [3.8, 4) is 0 Å². The van der Waals surface area contributed by atoms with Crippen LogP contribution in [0.4, 0.5) is 0 Å². The average molecular weight is 268 g/mol. The van der Waals surface area contributed by atoms with Crippen LogP contribution in [0, 0.1) is 17.8 Å². The van der Waals surface area contributed by atoms with Crippen molar-refractivity contribution in [1.82, 2.24) is 0 Å². The Morgan fingerprint density at radius 2 is 2.12 bits per heavy atom. The summed E-state index contributed by atoms with van der Waals surface area (Å²) < 4.78 is 15.5. The molecule has 3 nitrogen and oxygen atoms in total. The topological polar surface area (TPSA) is 49.4 Å². The van der Waals surface area contributed by atoms with Gasteiger partial charge in [0.2, 0.25) is 0 Å². The van der Waals surface area contributed by atoms with E-state index < -0.39 is 7.60 Å². The summed E-state index contributed by atoms with van der Waals surface area (Å²) in [5.41, 5.74) is 0. The van der Waals surface area contributed by atoms with Crippen LogP contribution in [0.2, 0.25) is 0 Å². The monoisotopic (exact) mass is 268 g/mol. The molecule has 94 valence electrons. The van der Waals surface area contributed by atoms with Crippen LogP contribution in [0.25, 0.3) is 0 Å². The zero-order valence-electron chi connectivity index (χ0n) is 11.4. The van der Waals surface area contributed by atoms with Gasteiger partial charge >= 0.3 is 29.6 Å². The number of rotatable bonds is 5. The second kappa shape index (κ2) is 8.14. The Labute approximate surface area is 127 Å². The van der Waals surface area contributed by atoms with E-state index in [4.69, 9.17) is 4.52 Å². The Morgan fingerprint density at radius 3 is 2.71 bits per heavy atom. The molecule has 0 amide bonds. The average Bonchev–Trinajstić information content (AvgIpc) is 2.17. The van der Waals surface area contributed by atoms with Gasteiger partial charge in [0, 0.05) is 6.66 Å². The molecule has 5 heteroatoms. The molecule has 0 aromatic carbocycles. The molecule has 0 aromatic heterocycles. The molecule has 1 aliphatic carbocycles. The van der Waals surface area contributed by atoms with E-state index in [0.717, 1.165) is 25.4 Å². The van der Waals surface area contributed by atoms with Crippen LogP contribution >= 0.6 is 7.60 Å². The van der Waals surface area contributed by atoms with Crippen molar-refractivity contribution in [1.29, 1.82) is 0 Å². The van der Waals surface area contributed by atoms with Gasteiger partial charge in [-0.05, 0) is 37.0 Å². The summed E-state index contributed by atoms with van der Waals surface area (Å²) in [7, 11) is -3.53. The summed E-state index contributed by atoms with van der Waals surface area (Å²) in [6.45, 7) is 5.99. The van der Waals surface area contributed by atoms with E-state index in [1.165, 1.54) is 6.42 Å². The van der Waals surface area contributed by atoms with Crippen LogP contribution in [-0.4, -0.2) is 13.3 Å². The molecular formula is C12H22NaO3P. The Hall–Kier alpha value is 0.890. The first-order valence-electron chi connectivity index (χ1n) is 6.00. The van der Waals surface area contributed by atoms with Gasteiger partial charge < -0.3 is 14.0 Å². The van der Waals surface area contributed by atoms with Gasteiger partial charge in [0.15, 0.2) is 0 Å². The number of allylic oxidation sites excluding steroid dienone is 2. The Balaban J connectivity index is 0.00000256. The first-order valence-corrected chi connectivity index (χ1v) is 7.99. The van der Waals surface area contributed by atoms with Crippen LogP contribution in [0.3, 0.4) is 0 Å². The van der Waals surface area contributed by atoms with Gasteiger partial charge in [0.1, 0.15) is 7.60 Å². The van der Waals surface area contributed by atoms with Crippen molar-refractivity contribution in [3.63, 3.8) is 0 Å². The summed E-state index contributed by atoms with van der Waals surface area (Å²) >= 11 is 0. The second-order valence-electron chi connectivity index (χ2n) is 4.91. The van der Waals surface area contributed by atoms with Crippen LogP contribution in [0.1, 0.15) is 33.1 Å². The predicted octanol–water partition coefficient (Wildman–Crippen LogP) is -0.181. The van der Waals surface area contributed by atoms with Crippen LogP contribution in [0.15, 0.2) is 12.2 Å². The van der Waals surface area contributed by atoms with Gasteiger partial charge in [-0.3, -0.25) is 0 Å². The van der Waals surface area contributed by atoms with E-state index in [1.807, 2.05) is 0 Å². The molecule has 0 heterocycles. The van der Waals surface area contributed by atoms with E-state index in [-0.39, 0.29) is 29.6 Å². The summed E-state index contributed by atoms with van der Waals surface area (Å²) in [4.78, 5) is 10.8. The molecule has 0 radical (unpaired) electrons. The van der Waals surface area contributed by atoms with E-state index in [9.17, 15) is 9.46 Å². The Kier molecular flexibility index (Phi) is 8.57. The van der Waals surface area contributed by atoms with Crippen molar-refractivity contribution in [2.45, 2.75) is 33.1 Å². The van der Waals surface area contributed by atoms with Gasteiger partial charge in [-0.25, -0.2) is 0 Å². The van der Waals surface area contributed by atoms with Crippen LogP contribution in [-0.2, 0) is 9.09 Å². The molecular weight excluding hydrogens is 246 g/mol. The molecule has 0 aliphatic heterocycles. The fourth-order valence-electron chi connectivity index (χ4n) is 2.19. The minimum absolute atomic E-state index is 0. The smallest absolute Gasteiger partial charge is 0.779 e. The molecule has 1 rings (SSSR count). The SMILES string of the molecule is CC1CC=CC(CCCOP(C)(=O)[O-])C1C.[Na+]. The predicted molar refractivity (Wildman–Crippen MR) is 64.3 cm³/mol. The molecule has 0 aromatic rings. The van der Waals surface area contributed by atoms with Gasteiger partial charge in [-0.1, -0.05) is 26.0 Å². The van der Waals surface area contributed by atoms with Crippen molar-refractivity contribution < 1.29 is 43.5 Å². The number of hydrogen-bond donors (Lipinski definition) is 0. The Bertz CT molecular complexity index is 287. The third-order valence-corrected chi connectivity index (χ3v) is 4.12. The first-order chi connectivity index (χ1) is 7.40. The fourth-order valence-corrected chi connectivity index (χ4v) is 2.65. The molecule has 4 unspecified atom stereocenters. The van der Waals surface area contributed by atoms with E-state index >= 15 is 0 Å². The van der Waals surface area contributed by atoms with Gasteiger partial charge in [0.05, 0.1) is 6.61 Å². The summed E-state index contributed by atoms with van der Waals surface area (Å²) in [6.07, 6.45) is 7.51. The molecule has 0 N–H and O–H groups in total. The normalized spacial score (nSPS) is 31.6. The summed E-state index contributed by atoms with van der Waals surface area (Å²) in [5, 5.41) is 0. The minimum atomic E-state index is -3.53. The third kappa shape index (κ3) is 7.15. The number of hydrogen-bond acceptors (Lipinski definition) is 3. The van der Waals surface area contributed by atoms with E-state index in [0.29, 0.717) is 18.4 Å². The maximum absolute atomic E-state index is 10.8. The van der Waals surface area contributed by atoms with Crippen molar-refractivity contribution in [2.75, 3.05) is 13.3 Å².